The summed E-state index contributed by atoms with van der Waals surface area (Å²) in [4.78, 5) is 4.25. The first-order valence-corrected chi connectivity index (χ1v) is 6.52. The number of halogens is 2. The van der Waals surface area contributed by atoms with Crippen molar-refractivity contribution in [3.8, 4) is 5.75 Å². The van der Waals surface area contributed by atoms with E-state index < -0.39 is 5.82 Å². The van der Waals surface area contributed by atoms with Crippen LogP contribution in [0.4, 0.5) is 10.1 Å². The van der Waals surface area contributed by atoms with Crippen LogP contribution in [0, 0.1) is 12.7 Å². The molecule has 90 valence electrons. The minimum absolute atomic E-state index is 0.287. The lowest BCUT2D eigenvalue weighted by molar-refractivity contribution is 0.302. The summed E-state index contributed by atoms with van der Waals surface area (Å²) >= 11 is 4.60. The van der Waals surface area contributed by atoms with Gasteiger partial charge in [-0.2, -0.15) is 0 Å². The normalized spacial score (nSPS) is 10.5. The van der Waals surface area contributed by atoms with E-state index in [0.717, 1.165) is 10.7 Å². The molecule has 0 aliphatic rings. The minimum atomic E-state index is -0.399. The van der Waals surface area contributed by atoms with E-state index in [-0.39, 0.29) is 6.61 Å². The maximum absolute atomic E-state index is 13.3. The molecule has 0 aliphatic carbocycles. The number of nitrogens with zero attached hydrogens (tertiary/aromatic N) is 1. The van der Waals surface area contributed by atoms with Crippen LogP contribution in [0.5, 0.6) is 5.75 Å². The molecule has 2 aromatic rings. The third-order valence-electron chi connectivity index (χ3n) is 2.09. The fourth-order valence-electron chi connectivity index (χ4n) is 1.30. The lowest BCUT2D eigenvalue weighted by atomic mass is 10.3. The van der Waals surface area contributed by atoms with Gasteiger partial charge in [-0.3, -0.25) is 0 Å². The molecule has 0 amide bonds. The number of hydrogen-bond acceptors (Lipinski definition) is 4. The fraction of sp³-hybridized carbons (Fsp3) is 0.182. The Morgan fingerprint density at radius 3 is 2.94 bits per heavy atom. The number of rotatable bonds is 3. The summed E-state index contributed by atoms with van der Waals surface area (Å²) < 4.78 is 19.0. The summed E-state index contributed by atoms with van der Waals surface area (Å²) in [5.41, 5.74) is 6.93. The van der Waals surface area contributed by atoms with Gasteiger partial charge in [0, 0.05) is 11.4 Å². The highest BCUT2D eigenvalue weighted by molar-refractivity contribution is 9.10. The number of nitrogen functional groups attached to an aromatic ring is 1. The second-order valence-electron chi connectivity index (χ2n) is 3.45. The van der Waals surface area contributed by atoms with Gasteiger partial charge in [-0.15, -0.1) is 11.3 Å². The summed E-state index contributed by atoms with van der Waals surface area (Å²) in [7, 11) is 0. The Morgan fingerprint density at radius 1 is 1.53 bits per heavy atom. The fourth-order valence-corrected chi connectivity index (χ4v) is 2.25. The van der Waals surface area contributed by atoms with Crippen molar-refractivity contribution in [3.63, 3.8) is 0 Å². The summed E-state index contributed by atoms with van der Waals surface area (Å²) in [5, 5.41) is 2.87. The number of ether oxygens (including phenoxy) is 1. The Bertz CT molecular complexity index is 544. The van der Waals surface area contributed by atoms with Crippen molar-refractivity contribution in [2.75, 3.05) is 5.73 Å². The predicted octanol–water partition coefficient (Wildman–Crippen LogP) is 3.51. The van der Waals surface area contributed by atoms with E-state index in [0.29, 0.717) is 15.9 Å². The van der Waals surface area contributed by atoms with E-state index in [4.69, 9.17) is 10.5 Å². The van der Waals surface area contributed by atoms with E-state index in [1.807, 2.05) is 12.3 Å². The van der Waals surface area contributed by atoms with Gasteiger partial charge < -0.3 is 10.5 Å². The van der Waals surface area contributed by atoms with Crippen molar-refractivity contribution in [1.82, 2.24) is 4.98 Å². The largest absolute Gasteiger partial charge is 0.485 e. The molecule has 0 unspecified atom stereocenters. The molecule has 2 rings (SSSR count). The van der Waals surface area contributed by atoms with Crippen LogP contribution >= 0.6 is 27.3 Å². The lowest BCUT2D eigenvalue weighted by Gasteiger charge is -2.08. The highest BCUT2D eigenvalue weighted by Gasteiger charge is 2.08. The van der Waals surface area contributed by atoms with E-state index in [1.54, 1.807) is 11.3 Å². The Morgan fingerprint density at radius 2 is 2.29 bits per heavy atom. The summed E-state index contributed by atoms with van der Waals surface area (Å²) in [6.07, 6.45) is 0. The molecule has 0 radical (unpaired) electrons. The van der Waals surface area contributed by atoms with Gasteiger partial charge in [0.05, 0.1) is 20.9 Å². The molecule has 0 aliphatic heterocycles. The second kappa shape index (κ2) is 5.01. The Labute approximate surface area is 111 Å². The van der Waals surface area contributed by atoms with Crippen LogP contribution in [0.3, 0.4) is 0 Å². The van der Waals surface area contributed by atoms with Crippen molar-refractivity contribution in [2.24, 2.45) is 0 Å². The lowest BCUT2D eigenvalue weighted by Crippen LogP contribution is -2.00. The zero-order valence-electron chi connectivity index (χ0n) is 9.04. The molecular weight excluding hydrogens is 307 g/mol. The molecule has 17 heavy (non-hydrogen) atoms. The number of anilines is 1. The van der Waals surface area contributed by atoms with E-state index >= 15 is 0 Å². The average molecular weight is 317 g/mol. The van der Waals surface area contributed by atoms with Gasteiger partial charge >= 0.3 is 0 Å². The molecule has 0 fully saturated rings. The summed E-state index contributed by atoms with van der Waals surface area (Å²) in [5.74, 6) is -0.0694. The van der Waals surface area contributed by atoms with Gasteiger partial charge in [0.1, 0.15) is 18.2 Å². The average Bonchev–Trinajstić information content (AvgIpc) is 2.68. The minimum Gasteiger partial charge on any atom is -0.485 e. The Hall–Kier alpha value is -1.14. The molecule has 6 heteroatoms. The molecule has 0 saturated heterocycles. The maximum Gasteiger partial charge on any atom is 0.145 e. The molecule has 1 heterocycles. The number of hydrogen-bond donors (Lipinski definition) is 1. The van der Waals surface area contributed by atoms with Crippen LogP contribution in [0.2, 0.25) is 0 Å². The molecule has 3 nitrogen and oxygen atoms in total. The highest BCUT2D eigenvalue weighted by Crippen LogP contribution is 2.29. The first-order valence-electron chi connectivity index (χ1n) is 4.84. The first kappa shape index (κ1) is 12.3. The number of benzene rings is 1. The van der Waals surface area contributed by atoms with E-state index in [1.165, 1.54) is 12.1 Å². The zero-order valence-corrected chi connectivity index (χ0v) is 11.4. The van der Waals surface area contributed by atoms with E-state index in [9.17, 15) is 4.39 Å². The van der Waals surface area contributed by atoms with Gasteiger partial charge in [-0.25, -0.2) is 9.37 Å². The Kier molecular flexibility index (Phi) is 3.63. The van der Waals surface area contributed by atoms with Crippen LogP contribution < -0.4 is 10.5 Å². The molecule has 1 aromatic carbocycles. The number of thiazole rings is 1. The van der Waals surface area contributed by atoms with Gasteiger partial charge in [0.2, 0.25) is 0 Å². The molecule has 1 aromatic heterocycles. The van der Waals surface area contributed by atoms with Crippen molar-refractivity contribution in [1.29, 1.82) is 0 Å². The standard InChI is InChI=1S/C11H10BrFN2OS/c1-6-15-7(5-17-6)4-16-11-3-9(13)8(12)2-10(11)14/h2-3,5H,4,14H2,1H3. The smallest absolute Gasteiger partial charge is 0.145 e. The van der Waals surface area contributed by atoms with E-state index in [2.05, 4.69) is 20.9 Å². The predicted molar refractivity (Wildman–Crippen MR) is 69.7 cm³/mol. The first-order chi connectivity index (χ1) is 8.06. The molecule has 2 N–H and O–H groups in total. The monoisotopic (exact) mass is 316 g/mol. The summed E-state index contributed by atoms with van der Waals surface area (Å²) in [6, 6.07) is 2.75. The van der Waals surface area contributed by atoms with Crippen molar-refractivity contribution in [2.45, 2.75) is 13.5 Å². The SMILES string of the molecule is Cc1nc(COc2cc(F)c(Br)cc2N)cs1. The maximum atomic E-state index is 13.3. The third kappa shape index (κ3) is 2.95. The summed E-state index contributed by atoms with van der Waals surface area (Å²) in [6.45, 7) is 2.21. The second-order valence-corrected chi connectivity index (χ2v) is 5.37. The van der Waals surface area contributed by atoms with Gasteiger partial charge in [-0.1, -0.05) is 0 Å². The van der Waals surface area contributed by atoms with Crippen LogP contribution in [-0.2, 0) is 6.61 Å². The Balaban J connectivity index is 2.11. The van der Waals surface area contributed by atoms with Crippen LogP contribution in [0.1, 0.15) is 10.7 Å². The quantitative estimate of drug-likeness (QED) is 0.881. The molecule has 0 atom stereocenters. The molecule has 0 bridgehead atoms. The van der Waals surface area contributed by atoms with Crippen molar-refractivity contribution < 1.29 is 9.13 Å². The highest BCUT2D eigenvalue weighted by atomic mass is 79.9. The number of aromatic nitrogens is 1. The van der Waals surface area contributed by atoms with Crippen molar-refractivity contribution >= 4 is 33.0 Å². The molecule has 0 spiro atoms. The van der Waals surface area contributed by atoms with Crippen LogP contribution in [0.25, 0.3) is 0 Å². The van der Waals surface area contributed by atoms with Gasteiger partial charge in [-0.05, 0) is 28.9 Å². The van der Waals surface area contributed by atoms with Crippen LogP contribution in [-0.4, -0.2) is 4.98 Å². The molecule has 0 saturated carbocycles. The number of nitrogens with two attached hydrogens (primary N) is 1. The zero-order chi connectivity index (χ0) is 12.4. The van der Waals surface area contributed by atoms with Gasteiger partial charge in [0.25, 0.3) is 0 Å². The van der Waals surface area contributed by atoms with Gasteiger partial charge in [0.15, 0.2) is 0 Å². The third-order valence-corrected chi connectivity index (χ3v) is 3.52. The van der Waals surface area contributed by atoms with Crippen molar-refractivity contribution in [3.05, 3.63) is 38.5 Å². The van der Waals surface area contributed by atoms with Crippen LogP contribution in [0.15, 0.2) is 22.0 Å². The number of aryl methyl sites for hydroxylation is 1. The topological polar surface area (TPSA) is 48.1 Å². The molecular formula is C11H10BrFN2OS.